The Bertz CT molecular complexity index is 586. The molecule has 4 nitrogen and oxygen atoms in total. The van der Waals surface area contributed by atoms with Gasteiger partial charge in [-0.15, -0.1) is 0 Å². The van der Waals surface area contributed by atoms with Gasteiger partial charge in [0.1, 0.15) is 12.4 Å². The summed E-state index contributed by atoms with van der Waals surface area (Å²) < 4.78 is 0. The zero-order valence-electron chi connectivity index (χ0n) is 15.5. The highest BCUT2D eigenvalue weighted by atomic mass is 16.3. The molecule has 4 heteroatoms. The van der Waals surface area contributed by atoms with Crippen LogP contribution in [0.5, 0.6) is 0 Å². The van der Waals surface area contributed by atoms with Crippen molar-refractivity contribution in [2.24, 2.45) is 40.4 Å². The van der Waals surface area contributed by atoms with Gasteiger partial charge in [-0.3, -0.25) is 9.59 Å². The smallest absolute Gasteiger partial charge is 0.161 e. The van der Waals surface area contributed by atoms with Crippen molar-refractivity contribution in [1.29, 1.82) is 0 Å². The van der Waals surface area contributed by atoms with Gasteiger partial charge in [0.25, 0.3) is 0 Å². The lowest BCUT2D eigenvalue weighted by molar-refractivity contribution is -0.174. The number of hydrogen-bond acceptors (Lipinski definition) is 4. The molecule has 0 aromatic carbocycles. The predicted octanol–water partition coefficient (Wildman–Crippen LogP) is 2.75. The molecule has 2 N–H and O–H groups in total. The van der Waals surface area contributed by atoms with Crippen LogP contribution >= 0.6 is 0 Å². The lowest BCUT2D eigenvalue weighted by atomic mass is 9.44. The fourth-order valence-corrected chi connectivity index (χ4v) is 7.81. The summed E-state index contributed by atoms with van der Waals surface area (Å²) in [4.78, 5) is 24.3. The summed E-state index contributed by atoms with van der Waals surface area (Å²) in [6.45, 7) is 4.12. The van der Waals surface area contributed by atoms with Gasteiger partial charge < -0.3 is 10.2 Å². The highest BCUT2D eigenvalue weighted by Gasteiger charge is 2.63. The van der Waals surface area contributed by atoms with Gasteiger partial charge in [0.15, 0.2) is 5.78 Å². The Morgan fingerprint density at radius 3 is 2.64 bits per heavy atom. The van der Waals surface area contributed by atoms with E-state index in [2.05, 4.69) is 13.8 Å². The van der Waals surface area contributed by atoms with Crippen molar-refractivity contribution in [3.63, 3.8) is 0 Å². The number of Topliss-reactive ketones (excluding diaryl/α,β-unsaturated/α-hetero) is 2. The van der Waals surface area contributed by atoms with Crippen molar-refractivity contribution >= 4 is 11.6 Å². The molecule has 2 unspecified atom stereocenters. The molecule has 4 aliphatic carbocycles. The molecular weight excluding hydrogens is 316 g/mol. The van der Waals surface area contributed by atoms with Crippen LogP contribution in [0.2, 0.25) is 0 Å². The average Bonchev–Trinajstić information content (AvgIpc) is 2.91. The lowest BCUT2D eigenvalue weighted by Gasteiger charge is -2.61. The van der Waals surface area contributed by atoms with Gasteiger partial charge in [0, 0.05) is 18.8 Å². The van der Waals surface area contributed by atoms with Gasteiger partial charge in [-0.05, 0) is 73.0 Å². The van der Waals surface area contributed by atoms with E-state index in [1.807, 2.05) is 0 Å². The molecule has 140 valence electrons. The molecule has 0 saturated heterocycles. The second-order valence-corrected chi connectivity index (χ2v) is 9.85. The van der Waals surface area contributed by atoms with E-state index in [-0.39, 0.29) is 41.2 Å². The molecule has 4 aliphatic rings. The number of carbonyl (C=O) groups is 2. The molecule has 4 saturated carbocycles. The molecule has 0 heterocycles. The lowest BCUT2D eigenvalue weighted by Crippen LogP contribution is -2.59. The number of aliphatic hydroxyl groups excluding tert-OH is 2. The number of ketones is 2. The highest BCUT2D eigenvalue weighted by molar-refractivity contribution is 5.83. The fourth-order valence-electron chi connectivity index (χ4n) is 7.81. The van der Waals surface area contributed by atoms with E-state index in [0.29, 0.717) is 42.8 Å². The van der Waals surface area contributed by atoms with Crippen LogP contribution < -0.4 is 0 Å². The molecule has 0 amide bonds. The van der Waals surface area contributed by atoms with E-state index >= 15 is 0 Å². The Balaban J connectivity index is 1.66. The first-order chi connectivity index (χ1) is 11.8. The van der Waals surface area contributed by atoms with E-state index in [9.17, 15) is 19.8 Å². The van der Waals surface area contributed by atoms with Gasteiger partial charge in [0.2, 0.25) is 0 Å². The van der Waals surface area contributed by atoms with Gasteiger partial charge in [-0.25, -0.2) is 0 Å². The molecule has 4 rings (SSSR count). The molecule has 0 bridgehead atoms. The molecule has 4 fully saturated rings. The standard InChI is InChI=1S/C21H32O4/c1-20-8-7-13(23)9-12(20)3-4-14-15-5-6-16(18(25)11-22)21(15,2)10-17(24)19(14)20/h12,14-17,19,22,24H,3-11H2,1-2H3/t12?,14-,15-,16+,17?,19+,20-,21-/m0/s1. The molecule has 0 spiro atoms. The van der Waals surface area contributed by atoms with Crippen molar-refractivity contribution in [2.75, 3.05) is 6.61 Å². The first-order valence-corrected chi connectivity index (χ1v) is 10.1. The van der Waals surface area contributed by atoms with E-state index < -0.39 is 0 Å². The Kier molecular flexibility index (Phi) is 4.16. The summed E-state index contributed by atoms with van der Waals surface area (Å²) in [6, 6.07) is 0. The number of aliphatic hydroxyl groups is 2. The Morgan fingerprint density at radius 1 is 1.16 bits per heavy atom. The average molecular weight is 348 g/mol. The molecular formula is C21H32O4. The van der Waals surface area contributed by atoms with Crippen LogP contribution in [-0.4, -0.2) is 34.5 Å². The molecule has 25 heavy (non-hydrogen) atoms. The Hall–Kier alpha value is -0.740. The first kappa shape index (κ1) is 17.7. The zero-order chi connectivity index (χ0) is 18.0. The number of fused-ring (bicyclic) bond motifs is 5. The van der Waals surface area contributed by atoms with Crippen molar-refractivity contribution in [1.82, 2.24) is 0 Å². The summed E-state index contributed by atoms with van der Waals surface area (Å²) in [7, 11) is 0. The minimum atomic E-state index is -0.389. The van der Waals surface area contributed by atoms with Crippen LogP contribution in [0, 0.1) is 40.4 Å². The largest absolute Gasteiger partial charge is 0.393 e. The van der Waals surface area contributed by atoms with E-state index in [4.69, 9.17) is 0 Å². The van der Waals surface area contributed by atoms with Crippen LogP contribution in [0.4, 0.5) is 0 Å². The summed E-state index contributed by atoms with van der Waals surface area (Å²) in [5, 5.41) is 20.6. The van der Waals surface area contributed by atoms with E-state index in [1.165, 1.54) is 0 Å². The van der Waals surface area contributed by atoms with Crippen LogP contribution in [-0.2, 0) is 9.59 Å². The highest BCUT2D eigenvalue weighted by Crippen LogP contribution is 2.67. The fraction of sp³-hybridized carbons (Fsp3) is 0.905. The third-order valence-corrected chi connectivity index (χ3v) is 8.95. The minimum absolute atomic E-state index is 0.0428. The molecule has 0 aromatic rings. The topological polar surface area (TPSA) is 74.6 Å². The maximum atomic E-state index is 12.3. The SMILES string of the molecule is C[C@]12CC(O)[C@H]3[C@@H](CCC4CC(=O)CC[C@@]43C)[C@@H]1CC[C@@H]2C(=O)CO. The molecule has 0 radical (unpaired) electrons. The van der Waals surface area contributed by atoms with E-state index in [0.717, 1.165) is 32.1 Å². The van der Waals surface area contributed by atoms with Gasteiger partial charge in [-0.2, -0.15) is 0 Å². The van der Waals surface area contributed by atoms with Gasteiger partial charge in [0.05, 0.1) is 6.10 Å². The molecule has 8 atom stereocenters. The second kappa shape index (κ2) is 5.88. The van der Waals surface area contributed by atoms with Crippen molar-refractivity contribution < 1.29 is 19.8 Å². The normalized spacial score (nSPS) is 52.2. The predicted molar refractivity (Wildman–Crippen MR) is 93.7 cm³/mol. The third kappa shape index (κ3) is 2.39. The van der Waals surface area contributed by atoms with Gasteiger partial charge >= 0.3 is 0 Å². The number of carbonyl (C=O) groups excluding carboxylic acids is 2. The number of rotatable bonds is 2. The van der Waals surface area contributed by atoms with Crippen LogP contribution in [0.15, 0.2) is 0 Å². The van der Waals surface area contributed by atoms with Crippen molar-refractivity contribution in [3.8, 4) is 0 Å². The maximum absolute atomic E-state index is 12.3. The monoisotopic (exact) mass is 348 g/mol. The Morgan fingerprint density at radius 2 is 1.92 bits per heavy atom. The maximum Gasteiger partial charge on any atom is 0.161 e. The second-order valence-electron chi connectivity index (χ2n) is 9.85. The first-order valence-electron chi connectivity index (χ1n) is 10.1. The summed E-state index contributed by atoms with van der Waals surface area (Å²) >= 11 is 0. The van der Waals surface area contributed by atoms with Crippen LogP contribution in [0.3, 0.4) is 0 Å². The summed E-state index contributed by atoms with van der Waals surface area (Å²) in [5.74, 6) is 1.86. The summed E-state index contributed by atoms with van der Waals surface area (Å²) in [5.41, 5.74) is -0.106. The van der Waals surface area contributed by atoms with Crippen LogP contribution in [0.25, 0.3) is 0 Å². The third-order valence-electron chi connectivity index (χ3n) is 8.95. The van der Waals surface area contributed by atoms with E-state index in [1.54, 1.807) is 0 Å². The molecule has 0 aromatic heterocycles. The minimum Gasteiger partial charge on any atom is -0.393 e. The Labute approximate surface area is 150 Å². The zero-order valence-corrected chi connectivity index (χ0v) is 15.5. The quantitative estimate of drug-likeness (QED) is 0.805. The van der Waals surface area contributed by atoms with Crippen molar-refractivity contribution in [3.05, 3.63) is 0 Å². The van der Waals surface area contributed by atoms with Crippen molar-refractivity contribution in [2.45, 2.75) is 71.3 Å². The van der Waals surface area contributed by atoms with Crippen LogP contribution in [0.1, 0.15) is 65.2 Å². The molecule has 0 aliphatic heterocycles. The summed E-state index contributed by atoms with van der Waals surface area (Å²) in [6.07, 6.45) is 6.62. The van der Waals surface area contributed by atoms with Gasteiger partial charge in [-0.1, -0.05) is 13.8 Å². The number of hydrogen-bond donors (Lipinski definition) is 2.